The predicted molar refractivity (Wildman–Crippen MR) is 164 cm³/mol. The molecule has 238 valence electrons. The van der Waals surface area contributed by atoms with E-state index in [1.807, 2.05) is 51.1 Å². The molecule has 10 nitrogen and oxygen atoms in total. The highest BCUT2D eigenvalue weighted by Gasteiger charge is 2.38. The number of alkyl halides is 1. The van der Waals surface area contributed by atoms with Crippen molar-refractivity contribution in [2.45, 2.75) is 70.7 Å². The van der Waals surface area contributed by atoms with Crippen molar-refractivity contribution in [2.75, 3.05) is 33.9 Å². The Morgan fingerprint density at radius 3 is 2.35 bits per heavy atom. The number of halogens is 1. The van der Waals surface area contributed by atoms with Crippen LogP contribution in [0.25, 0.3) is 0 Å². The molecule has 11 heteroatoms. The Labute approximate surface area is 254 Å². The normalized spacial score (nSPS) is 23.8. The summed E-state index contributed by atoms with van der Waals surface area (Å²) in [6.45, 7) is 6.00. The van der Waals surface area contributed by atoms with E-state index >= 15 is 0 Å². The molecule has 2 aromatic carbocycles. The Balaban J connectivity index is 0.00000155. The Morgan fingerprint density at radius 2 is 1.70 bits per heavy atom. The fourth-order valence-corrected chi connectivity index (χ4v) is 4.76. The first kappa shape index (κ1) is 35.5. The number of nitrogens with zero attached hydrogens (tertiary/aromatic N) is 1. The van der Waals surface area contributed by atoms with Crippen LogP contribution in [0.5, 0.6) is 11.5 Å². The van der Waals surface area contributed by atoms with Crippen molar-refractivity contribution in [3.8, 4) is 11.5 Å². The summed E-state index contributed by atoms with van der Waals surface area (Å²) >= 11 is 0. The van der Waals surface area contributed by atoms with Gasteiger partial charge in [-0.2, -0.15) is 0 Å². The number of ether oxygens (including phenoxy) is 1. The van der Waals surface area contributed by atoms with Crippen molar-refractivity contribution in [1.29, 1.82) is 0 Å². The number of aliphatic hydroxyl groups is 1. The number of carbonyl (C=O) groups excluding carboxylic acids is 3. The molecule has 1 saturated carbocycles. The van der Waals surface area contributed by atoms with E-state index < -0.39 is 30.0 Å². The number of aliphatic hydroxyl groups excluding tert-OH is 1. The van der Waals surface area contributed by atoms with Gasteiger partial charge in [0.15, 0.2) is 0 Å². The second-order valence-corrected chi connectivity index (χ2v) is 10.6. The quantitative estimate of drug-likeness (QED) is 0.363. The fourth-order valence-electron chi connectivity index (χ4n) is 4.76. The van der Waals surface area contributed by atoms with Crippen molar-refractivity contribution in [1.82, 2.24) is 20.9 Å². The summed E-state index contributed by atoms with van der Waals surface area (Å²) in [5.41, 5.74) is 1.54. The molecule has 2 aromatic rings. The molecule has 1 aliphatic carbocycles. The number of phenolic OH excluding ortho intramolecular Hbond substituents is 1. The van der Waals surface area contributed by atoms with E-state index in [0.29, 0.717) is 25.0 Å². The highest BCUT2D eigenvalue weighted by atomic mass is 19.1. The molecule has 2 unspecified atom stereocenters. The number of hydrogen-bond donors (Lipinski definition) is 5. The molecule has 0 radical (unpaired) electrons. The standard InChI is InChI=1S/C29H38N4O6.C2H6.CH3F/c1-18-15-30-27(20-8-9-20)29(38)33(2)17-26(36)32-24(12-19-6-4-3-5-7-19)28(37)31-16-23(35)13-21-10-11-22(34)14-25(21)39-18;2*1-2/h3-7,10-11,14,18,20,23-24,27,30,34-35H,8-9,12-13,15-17H2,1-2H3,(H,31,37)(H,32,36);1-2H3;1H3/t18-,23?,24-,27?;;/m1../s1. The second-order valence-electron chi connectivity index (χ2n) is 10.6. The molecule has 43 heavy (non-hydrogen) atoms. The van der Waals surface area contributed by atoms with Crippen LogP contribution in [0.3, 0.4) is 0 Å². The van der Waals surface area contributed by atoms with Gasteiger partial charge >= 0.3 is 0 Å². The molecule has 0 bridgehead atoms. The van der Waals surface area contributed by atoms with Gasteiger partial charge in [0, 0.05) is 39.0 Å². The third kappa shape index (κ3) is 11.5. The van der Waals surface area contributed by atoms with Crippen LogP contribution in [0, 0.1) is 5.92 Å². The summed E-state index contributed by atoms with van der Waals surface area (Å²) < 4.78 is 15.6. The molecule has 1 fully saturated rings. The molecule has 0 saturated heterocycles. The molecule has 4 rings (SSSR count). The van der Waals surface area contributed by atoms with Crippen molar-refractivity contribution < 1.29 is 33.7 Å². The second kappa shape index (κ2) is 18.1. The van der Waals surface area contributed by atoms with E-state index in [2.05, 4.69) is 16.0 Å². The molecule has 4 atom stereocenters. The van der Waals surface area contributed by atoms with Crippen LogP contribution >= 0.6 is 0 Å². The van der Waals surface area contributed by atoms with Crippen molar-refractivity contribution in [3.63, 3.8) is 0 Å². The Bertz CT molecular complexity index is 1160. The number of aromatic hydroxyl groups is 1. The maximum Gasteiger partial charge on any atom is 0.243 e. The zero-order valence-corrected chi connectivity index (χ0v) is 25.8. The molecule has 0 spiro atoms. The van der Waals surface area contributed by atoms with Crippen molar-refractivity contribution in [3.05, 3.63) is 59.7 Å². The van der Waals surface area contributed by atoms with Gasteiger partial charge in [-0.15, -0.1) is 0 Å². The zero-order chi connectivity index (χ0) is 31.9. The third-order valence-corrected chi connectivity index (χ3v) is 7.02. The zero-order valence-electron chi connectivity index (χ0n) is 25.8. The van der Waals surface area contributed by atoms with Crippen molar-refractivity contribution >= 4 is 17.7 Å². The van der Waals surface area contributed by atoms with Crippen molar-refractivity contribution in [2.24, 2.45) is 5.92 Å². The van der Waals surface area contributed by atoms with Gasteiger partial charge in [-0.3, -0.25) is 18.8 Å². The van der Waals surface area contributed by atoms with Gasteiger partial charge in [0.05, 0.1) is 25.9 Å². The highest BCUT2D eigenvalue weighted by molar-refractivity contribution is 5.91. The van der Waals surface area contributed by atoms with E-state index in [0.717, 1.165) is 18.4 Å². The van der Waals surface area contributed by atoms with Crippen LogP contribution in [0.2, 0.25) is 0 Å². The largest absolute Gasteiger partial charge is 0.508 e. The number of rotatable bonds is 3. The van der Waals surface area contributed by atoms with E-state index in [9.17, 15) is 29.0 Å². The van der Waals surface area contributed by atoms with Crippen LogP contribution in [0.1, 0.15) is 44.7 Å². The molecule has 5 N–H and O–H groups in total. The lowest BCUT2D eigenvalue weighted by Gasteiger charge is -2.27. The summed E-state index contributed by atoms with van der Waals surface area (Å²) in [5.74, 6) is -0.421. The first-order chi connectivity index (χ1) is 20.7. The topological polar surface area (TPSA) is 140 Å². The number of carbonyl (C=O) groups is 3. The highest BCUT2D eigenvalue weighted by Crippen LogP contribution is 2.33. The average Bonchev–Trinajstić information content (AvgIpc) is 3.84. The minimum absolute atomic E-state index is 0.0333. The fraction of sp³-hybridized carbons (Fsp3) is 0.531. The summed E-state index contributed by atoms with van der Waals surface area (Å²) in [6, 6.07) is 12.7. The minimum Gasteiger partial charge on any atom is -0.508 e. The Hall–Kier alpha value is -3.70. The van der Waals surface area contributed by atoms with Gasteiger partial charge in [0.1, 0.15) is 23.6 Å². The van der Waals surface area contributed by atoms with E-state index in [1.165, 1.54) is 17.0 Å². The molecule has 0 aromatic heterocycles. The van der Waals surface area contributed by atoms with E-state index in [4.69, 9.17) is 4.74 Å². The number of fused-ring (bicyclic) bond motifs is 1. The average molecular weight is 603 g/mol. The number of benzene rings is 2. The first-order valence-corrected chi connectivity index (χ1v) is 14.8. The lowest BCUT2D eigenvalue weighted by Crippen LogP contribution is -2.54. The smallest absolute Gasteiger partial charge is 0.243 e. The molecule has 2 aliphatic rings. The third-order valence-electron chi connectivity index (χ3n) is 7.02. The molecular weight excluding hydrogens is 555 g/mol. The van der Waals surface area contributed by atoms with Gasteiger partial charge in [0.25, 0.3) is 0 Å². The van der Waals surface area contributed by atoms with Crippen LogP contribution in [-0.2, 0) is 27.2 Å². The van der Waals surface area contributed by atoms with Crippen LogP contribution in [-0.4, -0.2) is 91.0 Å². The lowest BCUT2D eigenvalue weighted by atomic mass is 10.0. The number of likely N-dealkylation sites (N-methyl/N-ethyl adjacent to an activating group) is 1. The molecule has 3 amide bonds. The maximum absolute atomic E-state index is 13.3. The maximum atomic E-state index is 13.3. The SMILES string of the molecule is CC.CF.C[C@@H]1CNC(C2CC2)C(=O)N(C)CC(=O)N[C@H](Cc2ccccc2)C(=O)NCC(O)Cc2ccc(O)cc2O1. The summed E-state index contributed by atoms with van der Waals surface area (Å²) in [5, 5.41) is 29.6. The predicted octanol–water partition coefficient (Wildman–Crippen LogP) is 2.36. The van der Waals surface area contributed by atoms with Crippen LogP contribution in [0.4, 0.5) is 4.39 Å². The van der Waals surface area contributed by atoms with Gasteiger partial charge < -0.3 is 35.8 Å². The summed E-state index contributed by atoms with van der Waals surface area (Å²) in [6.07, 6.45) is 1.01. The number of nitrogens with one attached hydrogen (secondary N) is 3. The lowest BCUT2D eigenvalue weighted by molar-refractivity contribution is -0.137. The first-order valence-electron chi connectivity index (χ1n) is 14.8. The number of amides is 3. The Kier molecular flexibility index (Phi) is 14.9. The van der Waals surface area contributed by atoms with E-state index in [1.54, 1.807) is 13.1 Å². The summed E-state index contributed by atoms with van der Waals surface area (Å²) in [4.78, 5) is 40.8. The molecular formula is C32H47FN4O6. The molecule has 1 heterocycles. The minimum atomic E-state index is -0.927. The Morgan fingerprint density at radius 1 is 1.02 bits per heavy atom. The van der Waals surface area contributed by atoms with Gasteiger partial charge in [0.2, 0.25) is 17.7 Å². The van der Waals surface area contributed by atoms with E-state index in [-0.39, 0.29) is 49.6 Å². The van der Waals surface area contributed by atoms with Crippen LogP contribution < -0.4 is 20.7 Å². The van der Waals surface area contributed by atoms with Crippen LogP contribution in [0.15, 0.2) is 48.5 Å². The summed E-state index contributed by atoms with van der Waals surface area (Å²) in [7, 11) is 2.08. The van der Waals surface area contributed by atoms with Gasteiger partial charge in [-0.05, 0) is 42.9 Å². The van der Waals surface area contributed by atoms with Gasteiger partial charge in [-0.1, -0.05) is 50.2 Å². The molecule has 1 aliphatic heterocycles. The number of hydrogen-bond acceptors (Lipinski definition) is 7. The number of phenols is 1. The monoisotopic (exact) mass is 602 g/mol. The van der Waals surface area contributed by atoms with Gasteiger partial charge in [-0.25, -0.2) is 0 Å². The number of β-amino-alcohol motifs (C(OH)–C–C–N with tert-alkyl or cyclic N) is 1.